The highest BCUT2D eigenvalue weighted by molar-refractivity contribution is 7.12. The molecule has 1 saturated heterocycles. The molecule has 1 aromatic heterocycles. The zero-order valence-corrected chi connectivity index (χ0v) is 13.2. The Hall–Kier alpha value is -1.20. The summed E-state index contributed by atoms with van der Waals surface area (Å²) in [6, 6.07) is 2.09. The summed E-state index contributed by atoms with van der Waals surface area (Å²) < 4.78 is 5.73. The minimum Gasteiger partial charge on any atom is -0.377 e. The lowest BCUT2D eigenvalue weighted by Gasteiger charge is -2.47. The summed E-state index contributed by atoms with van der Waals surface area (Å²) in [4.78, 5) is 24.2. The van der Waals surface area contributed by atoms with E-state index in [1.807, 2.05) is 11.4 Å². The van der Waals surface area contributed by atoms with Gasteiger partial charge in [0, 0.05) is 24.5 Å². The van der Waals surface area contributed by atoms with E-state index in [1.165, 1.54) is 11.3 Å². The zero-order valence-electron chi connectivity index (χ0n) is 12.4. The van der Waals surface area contributed by atoms with Crippen molar-refractivity contribution < 1.29 is 14.3 Å². The molecule has 2 aliphatic rings. The lowest BCUT2D eigenvalue weighted by Crippen LogP contribution is -2.61. The van der Waals surface area contributed by atoms with Crippen LogP contribution in [0, 0.1) is 11.8 Å². The molecule has 0 radical (unpaired) electrons. The van der Waals surface area contributed by atoms with Crippen molar-refractivity contribution in [3.8, 4) is 0 Å². The maximum atomic E-state index is 12.2. The van der Waals surface area contributed by atoms with Gasteiger partial charge in [-0.25, -0.2) is 0 Å². The molecule has 1 aliphatic heterocycles. The molecule has 4 atom stereocenters. The lowest BCUT2D eigenvalue weighted by molar-refractivity contribution is -0.126. The number of hydrogen-bond donors (Lipinski definition) is 1. The Balaban J connectivity index is 1.57. The number of ether oxygens (including phenoxy) is 1. The summed E-state index contributed by atoms with van der Waals surface area (Å²) in [7, 11) is 0. The van der Waals surface area contributed by atoms with Crippen LogP contribution in [0.2, 0.25) is 0 Å². The molecule has 3 rings (SSSR count). The van der Waals surface area contributed by atoms with Gasteiger partial charge in [0.25, 0.3) is 0 Å². The fourth-order valence-corrected chi connectivity index (χ4v) is 4.42. The second-order valence-corrected chi connectivity index (χ2v) is 6.92. The second kappa shape index (κ2) is 5.89. The van der Waals surface area contributed by atoms with E-state index in [0.29, 0.717) is 24.4 Å². The SMILES string of the molecule is CCC1C(NC(=O)Cc2csc(C(C)=O)c2)C2CCOC12. The first-order valence-corrected chi connectivity index (χ1v) is 8.47. The van der Waals surface area contributed by atoms with Crippen molar-refractivity contribution >= 4 is 23.0 Å². The van der Waals surface area contributed by atoms with E-state index >= 15 is 0 Å². The molecule has 1 saturated carbocycles. The first kappa shape index (κ1) is 14.7. The number of hydrogen-bond acceptors (Lipinski definition) is 4. The van der Waals surface area contributed by atoms with Crippen molar-refractivity contribution in [3.05, 3.63) is 21.9 Å². The number of rotatable bonds is 5. The fourth-order valence-electron chi connectivity index (χ4n) is 3.61. The monoisotopic (exact) mass is 307 g/mol. The van der Waals surface area contributed by atoms with Gasteiger partial charge in [0.1, 0.15) is 0 Å². The molecule has 2 heterocycles. The van der Waals surface area contributed by atoms with Gasteiger partial charge in [-0.05, 0) is 36.8 Å². The number of nitrogens with one attached hydrogen (secondary N) is 1. The standard InChI is InChI=1S/C16H21NO3S/c1-3-11-15(12-4-5-20-16(11)12)17-14(19)7-10-6-13(9(2)18)21-8-10/h6,8,11-12,15-16H,3-5,7H2,1-2H3,(H,17,19). The number of thiophene rings is 1. The van der Waals surface area contributed by atoms with Crippen molar-refractivity contribution in [1.29, 1.82) is 0 Å². The summed E-state index contributed by atoms with van der Waals surface area (Å²) in [6.07, 6.45) is 2.80. The van der Waals surface area contributed by atoms with Crippen molar-refractivity contribution in [1.82, 2.24) is 5.32 Å². The van der Waals surface area contributed by atoms with E-state index in [0.717, 1.165) is 29.9 Å². The zero-order chi connectivity index (χ0) is 15.0. The van der Waals surface area contributed by atoms with Gasteiger partial charge in [-0.3, -0.25) is 9.59 Å². The Morgan fingerprint density at radius 3 is 2.95 bits per heavy atom. The molecule has 21 heavy (non-hydrogen) atoms. The van der Waals surface area contributed by atoms with Crippen molar-refractivity contribution in [2.24, 2.45) is 11.8 Å². The number of carbonyl (C=O) groups is 2. The molecule has 1 aliphatic carbocycles. The smallest absolute Gasteiger partial charge is 0.224 e. The Labute approximate surface area is 128 Å². The van der Waals surface area contributed by atoms with Crippen molar-refractivity contribution in [3.63, 3.8) is 0 Å². The highest BCUT2D eigenvalue weighted by Crippen LogP contribution is 2.45. The Kier molecular flexibility index (Phi) is 4.13. The normalized spacial score (nSPS) is 30.6. The average molecular weight is 307 g/mol. The molecule has 2 fully saturated rings. The molecular formula is C16H21NO3S. The first-order valence-electron chi connectivity index (χ1n) is 7.59. The van der Waals surface area contributed by atoms with Gasteiger partial charge < -0.3 is 10.1 Å². The molecule has 1 amide bonds. The maximum absolute atomic E-state index is 12.2. The Bertz CT molecular complexity index is 553. The number of ketones is 1. The summed E-state index contributed by atoms with van der Waals surface area (Å²) in [6.45, 7) is 4.53. The summed E-state index contributed by atoms with van der Waals surface area (Å²) in [5.74, 6) is 1.06. The topological polar surface area (TPSA) is 55.4 Å². The number of Topliss-reactive ketones (excluding diaryl/α,β-unsaturated/α-hetero) is 1. The Morgan fingerprint density at radius 1 is 1.48 bits per heavy atom. The summed E-state index contributed by atoms with van der Waals surface area (Å²) in [5.41, 5.74) is 0.925. The predicted molar refractivity (Wildman–Crippen MR) is 81.6 cm³/mol. The highest BCUT2D eigenvalue weighted by Gasteiger charge is 2.53. The molecule has 1 N–H and O–H groups in total. The van der Waals surface area contributed by atoms with E-state index in [4.69, 9.17) is 4.74 Å². The fraction of sp³-hybridized carbons (Fsp3) is 0.625. The van der Waals surface area contributed by atoms with Crippen LogP contribution < -0.4 is 5.32 Å². The quantitative estimate of drug-likeness (QED) is 0.850. The third-order valence-electron chi connectivity index (χ3n) is 4.69. The van der Waals surface area contributed by atoms with Gasteiger partial charge in [0.15, 0.2) is 5.78 Å². The van der Waals surface area contributed by atoms with Gasteiger partial charge in [-0.1, -0.05) is 6.92 Å². The van der Waals surface area contributed by atoms with Crippen molar-refractivity contribution in [2.45, 2.75) is 45.3 Å². The van der Waals surface area contributed by atoms with Gasteiger partial charge in [0.2, 0.25) is 5.91 Å². The minimum absolute atomic E-state index is 0.0525. The van der Waals surface area contributed by atoms with E-state index in [1.54, 1.807) is 6.92 Å². The molecule has 1 aromatic rings. The average Bonchev–Trinajstić information content (AvgIpc) is 3.04. The number of amides is 1. The molecule has 0 aromatic carbocycles. The molecule has 4 nitrogen and oxygen atoms in total. The second-order valence-electron chi connectivity index (χ2n) is 6.01. The van der Waals surface area contributed by atoms with Crippen molar-refractivity contribution in [2.75, 3.05) is 6.61 Å². The molecule has 5 heteroatoms. The predicted octanol–water partition coefficient (Wildman–Crippen LogP) is 2.42. The van der Waals surface area contributed by atoms with Crippen LogP contribution in [0.25, 0.3) is 0 Å². The maximum Gasteiger partial charge on any atom is 0.224 e. The van der Waals surface area contributed by atoms with E-state index in [2.05, 4.69) is 12.2 Å². The van der Waals surface area contributed by atoms with Crippen LogP contribution in [0.5, 0.6) is 0 Å². The van der Waals surface area contributed by atoms with Crippen LogP contribution >= 0.6 is 11.3 Å². The molecule has 0 bridgehead atoms. The van der Waals surface area contributed by atoms with Crippen LogP contribution in [0.1, 0.15) is 41.9 Å². The van der Waals surface area contributed by atoms with E-state index in [9.17, 15) is 9.59 Å². The molecular weight excluding hydrogens is 286 g/mol. The van der Waals surface area contributed by atoms with E-state index < -0.39 is 0 Å². The third kappa shape index (κ3) is 2.77. The molecule has 0 spiro atoms. The Morgan fingerprint density at radius 2 is 2.29 bits per heavy atom. The summed E-state index contributed by atoms with van der Waals surface area (Å²) in [5, 5.41) is 5.08. The van der Waals surface area contributed by atoms with Crippen LogP contribution in [-0.4, -0.2) is 30.4 Å². The highest BCUT2D eigenvalue weighted by atomic mass is 32.1. The van der Waals surface area contributed by atoms with Gasteiger partial charge in [0.05, 0.1) is 17.4 Å². The largest absolute Gasteiger partial charge is 0.377 e. The van der Waals surface area contributed by atoms with Crippen LogP contribution in [0.4, 0.5) is 0 Å². The van der Waals surface area contributed by atoms with Gasteiger partial charge in [-0.2, -0.15) is 0 Å². The summed E-state index contributed by atoms with van der Waals surface area (Å²) >= 11 is 1.41. The minimum atomic E-state index is 0.0525. The number of fused-ring (bicyclic) bond motifs is 1. The molecule has 4 unspecified atom stereocenters. The first-order chi connectivity index (χ1) is 10.1. The van der Waals surface area contributed by atoms with Crippen LogP contribution in [0.15, 0.2) is 11.4 Å². The number of carbonyl (C=O) groups excluding carboxylic acids is 2. The lowest BCUT2D eigenvalue weighted by atomic mass is 9.65. The molecule has 114 valence electrons. The van der Waals surface area contributed by atoms with Crippen LogP contribution in [-0.2, 0) is 16.0 Å². The van der Waals surface area contributed by atoms with Crippen LogP contribution in [0.3, 0.4) is 0 Å². The van der Waals surface area contributed by atoms with Gasteiger partial charge in [-0.15, -0.1) is 11.3 Å². The van der Waals surface area contributed by atoms with Gasteiger partial charge >= 0.3 is 0 Å². The third-order valence-corrected chi connectivity index (χ3v) is 5.77. The van der Waals surface area contributed by atoms with E-state index in [-0.39, 0.29) is 17.7 Å².